The maximum absolute atomic E-state index is 12.1. The van der Waals surface area contributed by atoms with E-state index >= 15 is 0 Å². The van der Waals surface area contributed by atoms with Crippen molar-refractivity contribution in [1.29, 1.82) is 0 Å². The van der Waals surface area contributed by atoms with Crippen LogP contribution in [0.4, 0.5) is 0 Å². The third-order valence-electron chi connectivity index (χ3n) is 2.52. The number of carboxylic acids is 1. The van der Waals surface area contributed by atoms with Gasteiger partial charge in [0.2, 0.25) is 15.8 Å². The lowest BCUT2D eigenvalue weighted by molar-refractivity contribution is 0.0661. The van der Waals surface area contributed by atoms with Gasteiger partial charge in [-0.1, -0.05) is 0 Å². The van der Waals surface area contributed by atoms with E-state index in [0.717, 1.165) is 6.07 Å². The number of furan rings is 1. The van der Waals surface area contributed by atoms with Gasteiger partial charge in [0.05, 0.1) is 12.2 Å². The van der Waals surface area contributed by atoms with Gasteiger partial charge in [0, 0.05) is 19.3 Å². The Morgan fingerprint density at radius 1 is 1.60 bits per heavy atom. The van der Waals surface area contributed by atoms with Crippen LogP contribution in [0.5, 0.6) is 0 Å². The average Bonchev–Trinajstić information content (AvgIpc) is 2.93. The van der Waals surface area contributed by atoms with Crippen LogP contribution in [-0.4, -0.2) is 29.3 Å². The molecule has 108 valence electrons. The summed E-state index contributed by atoms with van der Waals surface area (Å²) < 4.78 is 32.7. The molecule has 0 saturated carbocycles. The van der Waals surface area contributed by atoms with E-state index in [1.807, 2.05) is 0 Å². The van der Waals surface area contributed by atoms with Crippen molar-refractivity contribution in [2.45, 2.75) is 11.4 Å². The quantitative estimate of drug-likeness (QED) is 0.817. The predicted octanol–water partition coefficient (Wildman–Crippen LogP) is 0.952. The van der Waals surface area contributed by atoms with Crippen LogP contribution in [0, 0.1) is 0 Å². The molecule has 20 heavy (non-hydrogen) atoms. The van der Waals surface area contributed by atoms with Crippen molar-refractivity contribution in [3.8, 4) is 0 Å². The molecular formula is C10H10BrN3O5S. The van der Waals surface area contributed by atoms with Crippen LogP contribution in [0.25, 0.3) is 0 Å². The summed E-state index contributed by atoms with van der Waals surface area (Å²) in [5, 5.41) is 12.7. The van der Waals surface area contributed by atoms with Gasteiger partial charge < -0.3 is 9.52 Å². The number of sulfonamides is 1. The van der Waals surface area contributed by atoms with Crippen LogP contribution in [0.15, 0.2) is 32.3 Å². The molecule has 0 aliphatic heterocycles. The van der Waals surface area contributed by atoms with Crippen molar-refractivity contribution in [1.82, 2.24) is 14.5 Å². The Bertz CT molecular complexity index is 749. The smallest absolute Gasteiger partial charge is 0.371 e. The molecule has 0 fully saturated rings. The Morgan fingerprint density at radius 2 is 2.30 bits per heavy atom. The van der Waals surface area contributed by atoms with Gasteiger partial charge in [-0.15, -0.1) is 0 Å². The zero-order valence-electron chi connectivity index (χ0n) is 10.2. The topological polar surface area (TPSA) is 114 Å². The largest absolute Gasteiger partial charge is 0.475 e. The molecule has 0 bridgehead atoms. The first kappa shape index (κ1) is 14.8. The predicted molar refractivity (Wildman–Crippen MR) is 70.6 cm³/mol. The summed E-state index contributed by atoms with van der Waals surface area (Å²) in [6, 6.07) is 2.60. The van der Waals surface area contributed by atoms with Crippen molar-refractivity contribution >= 4 is 31.9 Å². The van der Waals surface area contributed by atoms with Gasteiger partial charge in [0.25, 0.3) is 0 Å². The fraction of sp³-hybridized carbons (Fsp3) is 0.200. The average molecular weight is 364 g/mol. The van der Waals surface area contributed by atoms with Gasteiger partial charge in [-0.05, 0) is 22.0 Å². The number of nitrogens with one attached hydrogen (secondary N) is 1. The Kier molecular flexibility index (Phi) is 3.97. The number of nitrogens with zero attached hydrogens (tertiary/aromatic N) is 2. The van der Waals surface area contributed by atoms with Crippen molar-refractivity contribution in [3.05, 3.63) is 34.5 Å². The number of rotatable bonds is 5. The third-order valence-corrected chi connectivity index (χ3v) is 4.78. The SMILES string of the molecule is Cn1nccc1CNS(=O)(=O)c1cc(C(=O)O)oc1Br. The fourth-order valence-corrected chi connectivity index (χ4v) is 3.40. The highest BCUT2D eigenvalue weighted by atomic mass is 79.9. The van der Waals surface area contributed by atoms with Crippen LogP contribution >= 0.6 is 15.9 Å². The molecule has 0 aliphatic rings. The van der Waals surface area contributed by atoms with Crippen LogP contribution in [0.1, 0.15) is 16.2 Å². The second kappa shape index (κ2) is 5.38. The summed E-state index contributed by atoms with van der Waals surface area (Å²) in [5.74, 6) is -1.81. The molecule has 0 atom stereocenters. The Balaban J connectivity index is 2.22. The van der Waals surface area contributed by atoms with Crippen molar-refractivity contribution in [2.75, 3.05) is 0 Å². The normalized spacial score (nSPS) is 11.7. The molecule has 0 spiro atoms. The molecule has 2 rings (SSSR count). The number of aryl methyl sites for hydroxylation is 1. The highest BCUT2D eigenvalue weighted by molar-refractivity contribution is 9.10. The monoisotopic (exact) mass is 363 g/mol. The molecule has 8 nitrogen and oxygen atoms in total. The van der Waals surface area contributed by atoms with Gasteiger partial charge in [-0.25, -0.2) is 17.9 Å². The molecule has 0 unspecified atom stereocenters. The summed E-state index contributed by atoms with van der Waals surface area (Å²) in [6.07, 6.45) is 1.54. The van der Waals surface area contributed by atoms with E-state index in [2.05, 4.69) is 25.8 Å². The van der Waals surface area contributed by atoms with E-state index in [1.165, 1.54) is 4.68 Å². The minimum absolute atomic E-state index is 0.0266. The highest BCUT2D eigenvalue weighted by Crippen LogP contribution is 2.26. The molecule has 0 saturated heterocycles. The number of carboxylic acid groups (broad SMARTS) is 1. The fourth-order valence-electron chi connectivity index (χ4n) is 1.46. The molecule has 0 radical (unpaired) electrons. The van der Waals surface area contributed by atoms with Crippen molar-refractivity contribution in [2.24, 2.45) is 7.05 Å². The standard InChI is InChI=1S/C10H10BrN3O5S/c1-14-6(2-3-12-14)5-13-20(17,18)8-4-7(10(15)16)19-9(8)11/h2-4,13H,5H2,1H3,(H,15,16). The minimum Gasteiger partial charge on any atom is -0.475 e. The molecule has 0 aliphatic carbocycles. The van der Waals surface area contributed by atoms with Crippen LogP contribution in [0.2, 0.25) is 0 Å². The van der Waals surface area contributed by atoms with Gasteiger partial charge in [0.1, 0.15) is 4.90 Å². The molecule has 2 aromatic rings. The first-order chi connectivity index (χ1) is 9.31. The van der Waals surface area contributed by atoms with Crippen LogP contribution < -0.4 is 4.72 Å². The lowest BCUT2D eigenvalue weighted by Gasteiger charge is -2.05. The van der Waals surface area contributed by atoms with Crippen LogP contribution in [-0.2, 0) is 23.6 Å². The first-order valence-electron chi connectivity index (χ1n) is 5.30. The zero-order chi connectivity index (χ0) is 14.9. The van der Waals surface area contributed by atoms with E-state index in [1.54, 1.807) is 19.3 Å². The Morgan fingerprint density at radius 3 is 2.80 bits per heavy atom. The number of hydrogen-bond donors (Lipinski definition) is 2. The van der Waals surface area contributed by atoms with E-state index in [-0.39, 0.29) is 16.1 Å². The molecule has 10 heteroatoms. The summed E-state index contributed by atoms with van der Waals surface area (Å²) in [7, 11) is -2.21. The first-order valence-corrected chi connectivity index (χ1v) is 7.58. The summed E-state index contributed by atoms with van der Waals surface area (Å²) in [4.78, 5) is 10.5. The Hall–Kier alpha value is -1.65. The van der Waals surface area contributed by atoms with Crippen molar-refractivity contribution in [3.63, 3.8) is 0 Å². The van der Waals surface area contributed by atoms with Gasteiger partial charge >= 0.3 is 5.97 Å². The van der Waals surface area contributed by atoms with E-state index in [9.17, 15) is 13.2 Å². The van der Waals surface area contributed by atoms with Gasteiger partial charge in [-0.2, -0.15) is 5.10 Å². The molecule has 0 aromatic carbocycles. The summed E-state index contributed by atoms with van der Waals surface area (Å²) in [5.41, 5.74) is 0.659. The zero-order valence-corrected chi connectivity index (χ0v) is 12.6. The lowest BCUT2D eigenvalue weighted by Crippen LogP contribution is -2.24. The third kappa shape index (κ3) is 2.92. The molecular weight excluding hydrogens is 354 g/mol. The molecule has 2 aromatic heterocycles. The van der Waals surface area contributed by atoms with E-state index in [0.29, 0.717) is 5.69 Å². The highest BCUT2D eigenvalue weighted by Gasteiger charge is 2.24. The van der Waals surface area contributed by atoms with Crippen LogP contribution in [0.3, 0.4) is 0 Å². The maximum atomic E-state index is 12.1. The number of halogens is 1. The van der Waals surface area contributed by atoms with E-state index in [4.69, 9.17) is 9.52 Å². The molecule has 2 heterocycles. The molecule has 0 amide bonds. The summed E-state index contributed by atoms with van der Waals surface area (Å²) in [6.45, 7) is 0.0266. The second-order valence-corrected chi connectivity index (χ2v) is 6.28. The minimum atomic E-state index is -3.89. The number of hydrogen-bond acceptors (Lipinski definition) is 5. The summed E-state index contributed by atoms with van der Waals surface area (Å²) >= 11 is 2.89. The van der Waals surface area contributed by atoms with E-state index < -0.39 is 21.8 Å². The lowest BCUT2D eigenvalue weighted by atomic mass is 10.4. The number of aromatic nitrogens is 2. The number of aromatic carboxylic acids is 1. The number of carbonyl (C=O) groups is 1. The maximum Gasteiger partial charge on any atom is 0.371 e. The Labute approximate surface area is 122 Å². The van der Waals surface area contributed by atoms with Gasteiger partial charge in [0.15, 0.2) is 4.67 Å². The molecule has 2 N–H and O–H groups in total. The second-order valence-electron chi connectivity index (χ2n) is 3.82. The van der Waals surface area contributed by atoms with Crippen molar-refractivity contribution < 1.29 is 22.7 Å². The van der Waals surface area contributed by atoms with Gasteiger partial charge in [-0.3, -0.25) is 4.68 Å².